The second-order valence-electron chi connectivity index (χ2n) is 15.5. The van der Waals surface area contributed by atoms with Gasteiger partial charge >= 0.3 is 0 Å². The molecule has 4 nitrogen and oxygen atoms in total. The predicted molar refractivity (Wildman–Crippen MR) is 207 cm³/mol. The van der Waals surface area contributed by atoms with Crippen LogP contribution in [0.15, 0.2) is 101 Å². The first-order chi connectivity index (χ1) is 24.5. The lowest BCUT2D eigenvalue weighted by atomic mass is 9.71. The summed E-state index contributed by atoms with van der Waals surface area (Å²) in [5.41, 5.74) is 12.4. The maximum atomic E-state index is 9.56. The molecule has 7 aromatic rings. The molecule has 1 saturated carbocycles. The molecule has 0 aliphatic heterocycles. The molecular weight excluding hydrogens is 611 g/mol. The number of nitriles is 1. The number of hydrogen-bond donors (Lipinski definition) is 0. The Hall–Kier alpha value is -5.14. The Balaban J connectivity index is 1.31. The quantitative estimate of drug-likeness (QED) is 0.179. The number of fused-ring (bicyclic) bond motifs is 4. The van der Waals surface area contributed by atoms with Gasteiger partial charge in [0.2, 0.25) is 0 Å². The van der Waals surface area contributed by atoms with E-state index in [0.717, 1.165) is 70.0 Å². The van der Waals surface area contributed by atoms with Gasteiger partial charge in [-0.15, -0.1) is 0 Å². The van der Waals surface area contributed by atoms with Crippen molar-refractivity contribution in [1.82, 2.24) is 9.55 Å². The average molecular weight is 657 g/mol. The number of para-hydroxylation sites is 3. The number of aromatic nitrogens is 2. The largest absolute Gasteiger partial charge is 0.455 e. The molecule has 1 fully saturated rings. The van der Waals surface area contributed by atoms with E-state index in [4.69, 9.17) is 9.40 Å². The van der Waals surface area contributed by atoms with Crippen molar-refractivity contribution < 1.29 is 5.79 Å². The van der Waals surface area contributed by atoms with Crippen LogP contribution in [-0.2, 0) is 0 Å². The highest BCUT2D eigenvalue weighted by Gasteiger charge is 2.28. The van der Waals surface area contributed by atoms with E-state index in [2.05, 4.69) is 125 Å². The lowest BCUT2D eigenvalue weighted by Crippen LogP contribution is -2.20. The first kappa shape index (κ1) is 30.9. The number of rotatable bonds is 6. The van der Waals surface area contributed by atoms with Gasteiger partial charge in [0.15, 0.2) is 0 Å². The first-order valence-corrected chi connectivity index (χ1v) is 18.1. The molecule has 2 heterocycles. The Morgan fingerprint density at radius 3 is 2.20 bits per heavy atom. The van der Waals surface area contributed by atoms with Crippen LogP contribution >= 0.6 is 0 Å². The molecule has 2 aromatic heterocycles. The zero-order valence-corrected chi connectivity index (χ0v) is 30.0. The normalized spacial score (nSPS) is 16.0. The summed E-state index contributed by atoms with van der Waals surface area (Å²) in [6, 6.07) is 36.1. The zero-order valence-electron chi connectivity index (χ0n) is 31.0. The molecule has 0 unspecified atom stereocenters. The molecule has 5 aromatic carbocycles. The fraction of sp³-hybridized carbons (Fsp3) is 0.304. The highest BCUT2D eigenvalue weighted by molar-refractivity contribution is 6.09. The Morgan fingerprint density at radius 2 is 1.52 bits per heavy atom. The molecule has 1 aliphatic carbocycles. The van der Waals surface area contributed by atoms with Gasteiger partial charge in [0.25, 0.3) is 0 Å². The molecule has 50 heavy (non-hydrogen) atoms. The zero-order chi connectivity index (χ0) is 35.7. The minimum atomic E-state index is -0.510. The summed E-state index contributed by atoms with van der Waals surface area (Å²) < 4.78 is 18.2. The van der Waals surface area contributed by atoms with Gasteiger partial charge < -0.3 is 4.42 Å². The third-order valence-electron chi connectivity index (χ3n) is 10.9. The van der Waals surface area contributed by atoms with Crippen LogP contribution in [0.1, 0.15) is 109 Å². The second-order valence-corrected chi connectivity index (χ2v) is 15.5. The molecule has 0 radical (unpaired) electrons. The number of benzene rings is 5. The predicted octanol–water partition coefficient (Wildman–Crippen LogP) is 13.1. The standard InChI is InChI=1S/C46H45N3O/c1-28(2)38-25-34(32-17-15-31(16-18-32)33-20-22-46(5,6)23-21-33)26-39(29(3)4)43(38)49-41-13-8-7-12-40(41)48-45(49)37-11-9-10-36-35-19-14-30(27-47)24-42(35)50-44(36)37/h7-19,24-26,28-29,33H,20-23H2,1-6H3/i33D. The van der Waals surface area contributed by atoms with E-state index in [1.807, 2.05) is 24.3 Å². The van der Waals surface area contributed by atoms with Crippen LogP contribution in [0.4, 0.5) is 0 Å². The molecule has 0 bridgehead atoms. The van der Waals surface area contributed by atoms with Gasteiger partial charge in [0.05, 0.1) is 33.9 Å². The Bertz CT molecular complexity index is 2450. The van der Waals surface area contributed by atoms with Crippen molar-refractivity contribution in [1.29, 1.82) is 5.26 Å². The van der Waals surface area contributed by atoms with Crippen molar-refractivity contribution >= 4 is 33.0 Å². The fourth-order valence-corrected chi connectivity index (χ4v) is 7.88. The van der Waals surface area contributed by atoms with E-state index in [9.17, 15) is 6.63 Å². The van der Waals surface area contributed by atoms with Crippen LogP contribution in [-0.4, -0.2) is 9.55 Å². The number of imidazole rings is 1. The SMILES string of the molecule is [2H]C1(c2ccc(-c3cc(C(C)C)c(-n4c(-c5cccc6c5oc5cc(C#N)ccc56)nc5ccccc54)c(C(C)C)c3)cc2)CCC(C)(C)CC1. The molecule has 4 heteroatoms. The fourth-order valence-electron chi connectivity index (χ4n) is 7.88. The van der Waals surface area contributed by atoms with E-state index in [-0.39, 0.29) is 11.8 Å². The maximum absolute atomic E-state index is 9.56. The van der Waals surface area contributed by atoms with Crippen molar-refractivity contribution in [3.05, 3.63) is 119 Å². The molecule has 250 valence electrons. The summed E-state index contributed by atoms with van der Waals surface area (Å²) in [4.78, 5) is 5.30. The summed E-state index contributed by atoms with van der Waals surface area (Å²) in [6.07, 6.45) is 4.00. The van der Waals surface area contributed by atoms with Crippen LogP contribution in [0, 0.1) is 16.7 Å². The van der Waals surface area contributed by atoms with Crippen LogP contribution < -0.4 is 0 Å². The summed E-state index contributed by atoms with van der Waals surface area (Å²) in [5.74, 6) is 0.793. The van der Waals surface area contributed by atoms with E-state index in [0.29, 0.717) is 16.6 Å². The maximum Gasteiger partial charge on any atom is 0.149 e. The lowest BCUT2D eigenvalue weighted by Gasteiger charge is -2.34. The van der Waals surface area contributed by atoms with Gasteiger partial charge in [-0.1, -0.05) is 90.1 Å². The van der Waals surface area contributed by atoms with Crippen LogP contribution in [0.25, 0.3) is 61.2 Å². The van der Waals surface area contributed by atoms with E-state index < -0.39 is 5.89 Å². The van der Waals surface area contributed by atoms with Gasteiger partial charge in [-0.25, -0.2) is 4.98 Å². The molecule has 0 atom stereocenters. The van der Waals surface area contributed by atoms with Gasteiger partial charge in [0, 0.05) is 12.1 Å². The molecule has 0 saturated heterocycles. The van der Waals surface area contributed by atoms with Crippen LogP contribution in [0.3, 0.4) is 0 Å². The van der Waals surface area contributed by atoms with E-state index >= 15 is 0 Å². The Labute approximate surface area is 296 Å². The Morgan fingerprint density at radius 1 is 0.820 bits per heavy atom. The minimum Gasteiger partial charge on any atom is -0.455 e. The third kappa shape index (κ3) is 5.50. The molecular formula is C46H45N3O. The molecule has 0 N–H and O–H groups in total. The van der Waals surface area contributed by atoms with E-state index in [1.165, 1.54) is 27.9 Å². The molecule has 1 aliphatic rings. The molecule has 0 amide bonds. The van der Waals surface area contributed by atoms with Gasteiger partial charge in [-0.05, 0) is 125 Å². The average Bonchev–Trinajstić information content (AvgIpc) is 3.70. The third-order valence-corrected chi connectivity index (χ3v) is 10.9. The van der Waals surface area contributed by atoms with E-state index in [1.54, 1.807) is 0 Å². The van der Waals surface area contributed by atoms with Crippen LogP contribution in [0.5, 0.6) is 0 Å². The van der Waals surface area contributed by atoms with Gasteiger partial charge in [-0.3, -0.25) is 4.57 Å². The monoisotopic (exact) mass is 656 g/mol. The minimum absolute atomic E-state index is 0.235. The van der Waals surface area contributed by atoms with Crippen molar-refractivity contribution in [2.45, 2.75) is 85.0 Å². The highest BCUT2D eigenvalue weighted by Crippen LogP contribution is 2.45. The Kier molecular flexibility index (Phi) is 7.61. The van der Waals surface area contributed by atoms with Gasteiger partial charge in [0.1, 0.15) is 17.0 Å². The summed E-state index contributed by atoms with van der Waals surface area (Å²) >= 11 is 0. The van der Waals surface area contributed by atoms with Crippen molar-refractivity contribution in [2.24, 2.45) is 5.41 Å². The summed E-state index contributed by atoms with van der Waals surface area (Å²) in [7, 11) is 0. The molecule has 0 spiro atoms. The topological polar surface area (TPSA) is 54.8 Å². The van der Waals surface area contributed by atoms with Crippen LogP contribution in [0.2, 0.25) is 0 Å². The summed E-state index contributed by atoms with van der Waals surface area (Å²) in [5, 5.41) is 11.5. The second kappa shape index (κ2) is 12.3. The number of nitrogens with zero attached hydrogens (tertiary/aromatic N) is 3. The van der Waals surface area contributed by atoms with Crippen molar-refractivity contribution in [3.63, 3.8) is 0 Å². The number of furan rings is 1. The van der Waals surface area contributed by atoms with Crippen molar-refractivity contribution in [2.75, 3.05) is 0 Å². The summed E-state index contributed by atoms with van der Waals surface area (Å²) in [6.45, 7) is 13.8. The van der Waals surface area contributed by atoms with Crippen molar-refractivity contribution in [3.8, 4) is 34.3 Å². The number of hydrogen-bond acceptors (Lipinski definition) is 3. The first-order valence-electron chi connectivity index (χ1n) is 18.6. The lowest BCUT2D eigenvalue weighted by molar-refractivity contribution is 0.224. The molecule has 8 rings (SSSR count). The highest BCUT2D eigenvalue weighted by atomic mass is 16.3. The smallest absolute Gasteiger partial charge is 0.149 e. The van der Waals surface area contributed by atoms with Gasteiger partial charge in [-0.2, -0.15) is 5.26 Å².